The number of allylic oxidation sites excluding steroid dienone is 3. The van der Waals surface area contributed by atoms with E-state index in [1.165, 1.54) is 13.0 Å². The maximum Gasteiger partial charge on any atom is 0.262 e. The molecular weight excluding hydrogens is 168 g/mol. The molecule has 0 saturated carbocycles. The smallest absolute Gasteiger partial charge is 0.262 e. The highest BCUT2D eigenvalue weighted by molar-refractivity contribution is 5.89. The molecule has 0 aromatic heterocycles. The molecule has 0 aromatic rings. The number of nitrogens with one attached hydrogen (secondary N) is 2. The Balaban J connectivity index is 3.88. The molecular formula is C9H14N2O2. The van der Waals surface area contributed by atoms with Crippen molar-refractivity contribution in [2.45, 2.75) is 20.8 Å². The molecule has 0 aliphatic heterocycles. The fraction of sp³-hybridized carbons (Fsp3) is 0.333. The average Bonchev–Trinajstić information content (AvgIpc) is 2.10. The molecule has 0 aromatic carbocycles. The van der Waals surface area contributed by atoms with Gasteiger partial charge in [-0.25, -0.2) is 0 Å². The molecule has 0 unspecified atom stereocenters. The van der Waals surface area contributed by atoms with E-state index in [0.717, 1.165) is 5.57 Å². The van der Waals surface area contributed by atoms with Crippen LogP contribution in [0.2, 0.25) is 0 Å². The van der Waals surface area contributed by atoms with E-state index < -0.39 is 0 Å². The van der Waals surface area contributed by atoms with Crippen LogP contribution in [-0.2, 0) is 9.59 Å². The second-order valence-corrected chi connectivity index (χ2v) is 2.54. The minimum absolute atomic E-state index is 0.301. The van der Waals surface area contributed by atoms with Crippen molar-refractivity contribution >= 4 is 11.8 Å². The van der Waals surface area contributed by atoms with Crippen LogP contribution in [0.1, 0.15) is 20.8 Å². The first kappa shape index (κ1) is 11.4. The largest absolute Gasteiger partial charge is 0.274 e. The first-order chi connectivity index (χ1) is 6.06. The summed E-state index contributed by atoms with van der Waals surface area (Å²) < 4.78 is 0. The number of hydrogen-bond donors (Lipinski definition) is 2. The Labute approximate surface area is 77.7 Å². The summed E-state index contributed by atoms with van der Waals surface area (Å²) in [6, 6.07) is 0. The van der Waals surface area contributed by atoms with Gasteiger partial charge in [-0.15, -0.1) is 0 Å². The lowest BCUT2D eigenvalue weighted by Crippen LogP contribution is -2.39. The van der Waals surface area contributed by atoms with E-state index in [1.54, 1.807) is 6.08 Å². The number of hydrazine groups is 1. The van der Waals surface area contributed by atoms with Gasteiger partial charge in [-0.1, -0.05) is 17.7 Å². The molecule has 4 nitrogen and oxygen atoms in total. The van der Waals surface area contributed by atoms with E-state index in [0.29, 0.717) is 0 Å². The average molecular weight is 182 g/mol. The maximum atomic E-state index is 10.9. The van der Waals surface area contributed by atoms with E-state index in [9.17, 15) is 9.59 Å². The normalized spacial score (nSPS) is 11.5. The molecule has 0 bridgehead atoms. The topological polar surface area (TPSA) is 58.2 Å². The van der Waals surface area contributed by atoms with Crippen molar-refractivity contribution in [1.29, 1.82) is 0 Å². The van der Waals surface area contributed by atoms with Gasteiger partial charge in [-0.05, 0) is 13.8 Å². The predicted octanol–water partition coefficient (Wildman–Crippen LogP) is 0.676. The molecule has 13 heavy (non-hydrogen) atoms. The first-order valence-electron chi connectivity index (χ1n) is 3.93. The summed E-state index contributed by atoms with van der Waals surface area (Å²) in [5.74, 6) is -0.652. The summed E-state index contributed by atoms with van der Waals surface area (Å²) in [6.45, 7) is 5.08. The molecule has 0 saturated heterocycles. The molecule has 0 aliphatic carbocycles. The third-order valence-electron chi connectivity index (χ3n) is 1.31. The predicted molar refractivity (Wildman–Crippen MR) is 50.5 cm³/mol. The number of rotatable bonds is 2. The number of carbonyl (C=O) groups excluding carboxylic acids is 2. The highest BCUT2D eigenvalue weighted by atomic mass is 16.2. The quantitative estimate of drug-likeness (QED) is 0.375. The van der Waals surface area contributed by atoms with Crippen molar-refractivity contribution in [3.05, 3.63) is 23.8 Å². The second kappa shape index (κ2) is 5.99. The molecule has 0 rings (SSSR count). The van der Waals surface area contributed by atoms with Crippen LogP contribution in [0.4, 0.5) is 0 Å². The Kier molecular flexibility index (Phi) is 5.27. The summed E-state index contributed by atoms with van der Waals surface area (Å²) in [5, 5.41) is 0. The lowest BCUT2D eigenvalue weighted by Gasteiger charge is -2.00. The maximum absolute atomic E-state index is 10.9. The van der Waals surface area contributed by atoms with Crippen LogP contribution < -0.4 is 10.9 Å². The van der Waals surface area contributed by atoms with Gasteiger partial charge in [-0.3, -0.25) is 20.4 Å². The number of amides is 2. The standard InChI is InChI=1S/C9H14N2O2/c1-4-7(2)5-6-9(13)11-10-8(3)12/h4-6H,1-3H3,(H,10,12)(H,11,13)/b6-5+,7-4-. The van der Waals surface area contributed by atoms with Crippen LogP contribution >= 0.6 is 0 Å². The van der Waals surface area contributed by atoms with Gasteiger partial charge in [0.25, 0.3) is 5.91 Å². The molecule has 0 heterocycles. The van der Waals surface area contributed by atoms with Gasteiger partial charge in [0, 0.05) is 13.0 Å². The first-order valence-corrected chi connectivity index (χ1v) is 3.93. The Bertz CT molecular complexity index is 254. The van der Waals surface area contributed by atoms with Crippen LogP contribution in [-0.4, -0.2) is 11.8 Å². The highest BCUT2D eigenvalue weighted by Gasteiger charge is 1.94. The Morgan fingerprint density at radius 1 is 1.08 bits per heavy atom. The van der Waals surface area contributed by atoms with Gasteiger partial charge in [0.15, 0.2) is 0 Å². The molecule has 72 valence electrons. The van der Waals surface area contributed by atoms with Crippen LogP contribution in [0.25, 0.3) is 0 Å². The SMILES string of the molecule is C/C=C(C)\C=C\C(=O)NNC(C)=O. The van der Waals surface area contributed by atoms with Crippen molar-refractivity contribution < 1.29 is 9.59 Å². The van der Waals surface area contributed by atoms with Crippen molar-refractivity contribution in [3.8, 4) is 0 Å². The van der Waals surface area contributed by atoms with Gasteiger partial charge >= 0.3 is 0 Å². The van der Waals surface area contributed by atoms with Crippen molar-refractivity contribution in [1.82, 2.24) is 10.9 Å². The Morgan fingerprint density at radius 3 is 2.15 bits per heavy atom. The minimum atomic E-state index is -0.351. The molecule has 0 radical (unpaired) electrons. The zero-order valence-corrected chi connectivity index (χ0v) is 8.05. The number of carbonyl (C=O) groups is 2. The summed E-state index contributed by atoms with van der Waals surface area (Å²) >= 11 is 0. The monoisotopic (exact) mass is 182 g/mol. The molecule has 4 heteroatoms. The molecule has 0 aliphatic rings. The third-order valence-corrected chi connectivity index (χ3v) is 1.31. The van der Waals surface area contributed by atoms with E-state index in [1.807, 2.05) is 19.9 Å². The zero-order valence-electron chi connectivity index (χ0n) is 8.05. The Hall–Kier alpha value is -1.58. The van der Waals surface area contributed by atoms with Crippen molar-refractivity contribution in [3.63, 3.8) is 0 Å². The van der Waals surface area contributed by atoms with Crippen molar-refractivity contribution in [2.75, 3.05) is 0 Å². The second-order valence-electron chi connectivity index (χ2n) is 2.54. The molecule has 0 spiro atoms. The third kappa shape index (κ3) is 6.80. The molecule has 2 N–H and O–H groups in total. The van der Waals surface area contributed by atoms with Gasteiger partial charge in [0.05, 0.1) is 0 Å². The Morgan fingerprint density at radius 2 is 1.69 bits per heavy atom. The van der Waals surface area contributed by atoms with E-state index >= 15 is 0 Å². The van der Waals surface area contributed by atoms with Crippen LogP contribution in [0.15, 0.2) is 23.8 Å². The van der Waals surface area contributed by atoms with Gasteiger partial charge in [0.1, 0.15) is 0 Å². The van der Waals surface area contributed by atoms with Gasteiger partial charge in [-0.2, -0.15) is 0 Å². The minimum Gasteiger partial charge on any atom is -0.274 e. The van der Waals surface area contributed by atoms with E-state index in [4.69, 9.17) is 0 Å². The molecule has 0 atom stereocenters. The van der Waals surface area contributed by atoms with Crippen LogP contribution in [0.5, 0.6) is 0 Å². The number of hydrogen-bond acceptors (Lipinski definition) is 2. The lowest BCUT2D eigenvalue weighted by atomic mass is 10.2. The fourth-order valence-corrected chi connectivity index (χ4v) is 0.495. The molecule has 2 amide bonds. The van der Waals surface area contributed by atoms with Crippen LogP contribution in [0.3, 0.4) is 0 Å². The zero-order chi connectivity index (χ0) is 10.3. The summed E-state index contributed by atoms with van der Waals surface area (Å²) in [5.41, 5.74) is 5.37. The lowest BCUT2D eigenvalue weighted by molar-refractivity contribution is -0.125. The highest BCUT2D eigenvalue weighted by Crippen LogP contribution is 1.92. The summed E-state index contributed by atoms with van der Waals surface area (Å²) in [4.78, 5) is 21.3. The summed E-state index contributed by atoms with van der Waals surface area (Å²) in [7, 11) is 0. The van der Waals surface area contributed by atoms with Gasteiger partial charge < -0.3 is 0 Å². The van der Waals surface area contributed by atoms with Crippen molar-refractivity contribution in [2.24, 2.45) is 0 Å². The van der Waals surface area contributed by atoms with E-state index in [2.05, 4.69) is 10.9 Å². The van der Waals surface area contributed by atoms with Gasteiger partial charge in [0.2, 0.25) is 5.91 Å². The van der Waals surface area contributed by atoms with E-state index in [-0.39, 0.29) is 11.8 Å². The van der Waals surface area contributed by atoms with Crippen LogP contribution in [0, 0.1) is 0 Å². The summed E-state index contributed by atoms with van der Waals surface area (Å²) in [6.07, 6.45) is 4.89. The molecule has 0 fully saturated rings. The fourth-order valence-electron chi connectivity index (χ4n) is 0.495.